The molecule has 19 heavy (non-hydrogen) atoms. The van der Waals surface area contributed by atoms with E-state index >= 15 is 0 Å². The van der Waals surface area contributed by atoms with Crippen molar-refractivity contribution in [2.45, 2.75) is 0 Å². The second-order valence-corrected chi connectivity index (χ2v) is 4.96. The lowest BCUT2D eigenvalue weighted by atomic mass is 10.2. The molecule has 0 radical (unpaired) electrons. The highest BCUT2D eigenvalue weighted by Crippen LogP contribution is 2.34. The predicted octanol–water partition coefficient (Wildman–Crippen LogP) is 4.34. The molecule has 0 aliphatic heterocycles. The second kappa shape index (κ2) is 5.46. The van der Waals surface area contributed by atoms with Gasteiger partial charge in [0.15, 0.2) is 0 Å². The van der Waals surface area contributed by atoms with Crippen LogP contribution in [0.1, 0.15) is 0 Å². The standard InChI is InChI=1S/C12H9BrClN3O2/c13-12-8(14)2-1-3-11(12)16-10-5-4-7(17(18)19)6-9(10)15/h1-6,16H,15H2. The summed E-state index contributed by atoms with van der Waals surface area (Å²) >= 11 is 9.34. The Hall–Kier alpha value is -1.79. The lowest BCUT2D eigenvalue weighted by Crippen LogP contribution is -1.98. The zero-order chi connectivity index (χ0) is 14.0. The minimum atomic E-state index is -0.491. The van der Waals surface area contributed by atoms with E-state index in [4.69, 9.17) is 17.3 Å². The number of nitro groups is 1. The number of hydrogen-bond donors (Lipinski definition) is 2. The van der Waals surface area contributed by atoms with Crippen LogP contribution in [0.5, 0.6) is 0 Å². The van der Waals surface area contributed by atoms with Crippen LogP contribution in [0.3, 0.4) is 0 Å². The number of nitrogens with one attached hydrogen (secondary N) is 1. The van der Waals surface area contributed by atoms with Crippen molar-refractivity contribution in [1.82, 2.24) is 0 Å². The molecule has 3 N–H and O–H groups in total. The van der Waals surface area contributed by atoms with Crippen LogP contribution in [0.2, 0.25) is 5.02 Å². The average molecular weight is 343 g/mol. The van der Waals surface area contributed by atoms with Crippen molar-refractivity contribution in [1.29, 1.82) is 0 Å². The molecule has 0 saturated heterocycles. The first-order chi connectivity index (χ1) is 8.99. The summed E-state index contributed by atoms with van der Waals surface area (Å²) in [7, 11) is 0. The number of nitrogens with zero attached hydrogens (tertiary/aromatic N) is 1. The van der Waals surface area contributed by atoms with Crippen LogP contribution in [0.15, 0.2) is 40.9 Å². The molecule has 0 atom stereocenters. The molecule has 0 spiro atoms. The van der Waals surface area contributed by atoms with E-state index in [1.54, 1.807) is 18.2 Å². The van der Waals surface area contributed by atoms with Gasteiger partial charge in [0.05, 0.1) is 31.5 Å². The van der Waals surface area contributed by atoms with Crippen molar-refractivity contribution in [3.8, 4) is 0 Å². The fraction of sp³-hybridized carbons (Fsp3) is 0. The van der Waals surface area contributed by atoms with Crippen LogP contribution >= 0.6 is 27.5 Å². The summed E-state index contributed by atoms with van der Waals surface area (Å²) in [6.45, 7) is 0. The summed E-state index contributed by atoms with van der Waals surface area (Å²) < 4.78 is 0.703. The molecule has 0 unspecified atom stereocenters. The number of nitrogen functional groups attached to an aromatic ring is 1. The maximum absolute atomic E-state index is 10.6. The zero-order valence-electron chi connectivity index (χ0n) is 9.56. The van der Waals surface area contributed by atoms with Crippen LogP contribution in [0.4, 0.5) is 22.7 Å². The number of benzene rings is 2. The Kier molecular flexibility index (Phi) is 3.92. The van der Waals surface area contributed by atoms with Gasteiger partial charge in [-0.15, -0.1) is 0 Å². The first-order valence-corrected chi connectivity index (χ1v) is 6.41. The van der Waals surface area contributed by atoms with Gasteiger partial charge in [0, 0.05) is 12.1 Å². The molecule has 2 rings (SSSR count). The largest absolute Gasteiger partial charge is 0.397 e. The molecule has 2 aromatic rings. The van der Waals surface area contributed by atoms with E-state index in [-0.39, 0.29) is 5.69 Å². The second-order valence-electron chi connectivity index (χ2n) is 3.76. The molecule has 0 amide bonds. The SMILES string of the molecule is Nc1cc([N+](=O)[O-])ccc1Nc1cccc(Cl)c1Br. The average Bonchev–Trinajstić information content (AvgIpc) is 2.37. The Morgan fingerprint density at radius 1 is 1.26 bits per heavy atom. The number of hydrogen-bond acceptors (Lipinski definition) is 4. The minimum absolute atomic E-state index is 0.0480. The topological polar surface area (TPSA) is 81.2 Å². The Bertz CT molecular complexity index is 649. The first-order valence-electron chi connectivity index (χ1n) is 5.24. The molecule has 0 fully saturated rings. The fourth-order valence-electron chi connectivity index (χ4n) is 1.52. The highest BCUT2D eigenvalue weighted by atomic mass is 79.9. The maximum Gasteiger partial charge on any atom is 0.271 e. The molecule has 0 aliphatic carbocycles. The summed E-state index contributed by atoms with van der Waals surface area (Å²) in [5.74, 6) is 0. The summed E-state index contributed by atoms with van der Waals surface area (Å²) in [6, 6.07) is 9.60. The van der Waals surface area contributed by atoms with Crippen LogP contribution in [0.25, 0.3) is 0 Å². The van der Waals surface area contributed by atoms with Gasteiger partial charge >= 0.3 is 0 Å². The first kappa shape index (κ1) is 13.6. The summed E-state index contributed by atoms with van der Waals surface area (Å²) in [5.41, 5.74) is 7.33. The van der Waals surface area contributed by atoms with Crippen LogP contribution in [-0.2, 0) is 0 Å². The van der Waals surface area contributed by atoms with Gasteiger partial charge in [-0.25, -0.2) is 0 Å². The predicted molar refractivity (Wildman–Crippen MR) is 79.9 cm³/mol. The van der Waals surface area contributed by atoms with Crippen molar-refractivity contribution in [2.75, 3.05) is 11.1 Å². The quantitative estimate of drug-likeness (QED) is 0.494. The normalized spacial score (nSPS) is 10.2. The molecule has 0 saturated carbocycles. The van der Waals surface area contributed by atoms with Gasteiger partial charge in [-0.05, 0) is 34.1 Å². The van der Waals surface area contributed by atoms with E-state index in [0.717, 1.165) is 5.69 Å². The third kappa shape index (κ3) is 2.97. The molecule has 2 aromatic carbocycles. The molecule has 0 bridgehead atoms. The Morgan fingerprint density at radius 3 is 2.63 bits per heavy atom. The van der Waals surface area contributed by atoms with E-state index in [0.29, 0.717) is 20.9 Å². The van der Waals surface area contributed by atoms with Gasteiger partial charge < -0.3 is 11.1 Å². The van der Waals surface area contributed by atoms with Gasteiger partial charge in [0.1, 0.15) is 0 Å². The maximum atomic E-state index is 10.6. The minimum Gasteiger partial charge on any atom is -0.397 e. The van der Waals surface area contributed by atoms with Crippen molar-refractivity contribution >= 4 is 50.3 Å². The highest BCUT2D eigenvalue weighted by Gasteiger charge is 2.10. The molecule has 7 heteroatoms. The van der Waals surface area contributed by atoms with Crippen molar-refractivity contribution < 1.29 is 4.92 Å². The summed E-state index contributed by atoms with van der Waals surface area (Å²) in [5, 5.41) is 14.3. The number of non-ortho nitro benzene ring substituents is 1. The van der Waals surface area contributed by atoms with Crippen LogP contribution in [0, 0.1) is 10.1 Å². The van der Waals surface area contributed by atoms with E-state index in [1.807, 2.05) is 6.07 Å². The number of nitro benzene ring substituents is 1. The summed E-state index contributed by atoms with van der Waals surface area (Å²) in [4.78, 5) is 10.1. The number of nitrogens with two attached hydrogens (primary N) is 1. The van der Waals surface area contributed by atoms with E-state index in [1.165, 1.54) is 12.1 Å². The van der Waals surface area contributed by atoms with Gasteiger partial charge in [0.2, 0.25) is 0 Å². The molecule has 0 aliphatic rings. The summed E-state index contributed by atoms with van der Waals surface area (Å²) in [6.07, 6.45) is 0. The zero-order valence-corrected chi connectivity index (χ0v) is 11.9. The monoisotopic (exact) mass is 341 g/mol. The van der Waals surface area contributed by atoms with Gasteiger partial charge in [0.25, 0.3) is 5.69 Å². The van der Waals surface area contributed by atoms with Gasteiger partial charge in [-0.3, -0.25) is 10.1 Å². The van der Waals surface area contributed by atoms with Gasteiger partial charge in [-0.2, -0.15) is 0 Å². The molecule has 0 aromatic heterocycles. The Morgan fingerprint density at radius 2 is 2.00 bits per heavy atom. The number of halogens is 2. The van der Waals surface area contributed by atoms with Crippen molar-refractivity contribution in [3.63, 3.8) is 0 Å². The smallest absolute Gasteiger partial charge is 0.271 e. The highest BCUT2D eigenvalue weighted by molar-refractivity contribution is 9.10. The Labute approximate surface area is 122 Å². The van der Waals surface area contributed by atoms with E-state index in [9.17, 15) is 10.1 Å². The molecular formula is C12H9BrClN3O2. The molecular weight excluding hydrogens is 334 g/mol. The van der Waals surface area contributed by atoms with Crippen LogP contribution < -0.4 is 11.1 Å². The van der Waals surface area contributed by atoms with E-state index < -0.39 is 4.92 Å². The fourth-order valence-corrected chi connectivity index (χ4v) is 2.06. The lowest BCUT2D eigenvalue weighted by Gasteiger charge is -2.11. The third-order valence-corrected chi connectivity index (χ3v) is 3.86. The molecule has 0 heterocycles. The molecule has 98 valence electrons. The van der Waals surface area contributed by atoms with Crippen molar-refractivity contribution in [2.24, 2.45) is 0 Å². The number of rotatable bonds is 3. The van der Waals surface area contributed by atoms with Crippen LogP contribution in [-0.4, -0.2) is 4.92 Å². The third-order valence-electron chi connectivity index (χ3n) is 2.47. The lowest BCUT2D eigenvalue weighted by molar-refractivity contribution is -0.384. The number of anilines is 3. The molecule has 5 nitrogen and oxygen atoms in total. The van der Waals surface area contributed by atoms with Crippen molar-refractivity contribution in [3.05, 3.63) is 56.0 Å². The van der Waals surface area contributed by atoms with E-state index in [2.05, 4.69) is 21.2 Å². The Balaban J connectivity index is 2.34. The van der Waals surface area contributed by atoms with Gasteiger partial charge in [-0.1, -0.05) is 17.7 Å².